The van der Waals surface area contributed by atoms with E-state index in [1.165, 1.54) is 12.8 Å². The van der Waals surface area contributed by atoms with Crippen molar-refractivity contribution in [1.29, 1.82) is 0 Å². The lowest BCUT2D eigenvalue weighted by atomic mass is 10.1. The zero-order valence-corrected chi connectivity index (χ0v) is 17.4. The van der Waals surface area contributed by atoms with E-state index >= 15 is 0 Å². The van der Waals surface area contributed by atoms with Crippen LogP contribution in [-0.2, 0) is 0 Å². The third-order valence-electron chi connectivity index (χ3n) is 6.32. The fourth-order valence-electron chi connectivity index (χ4n) is 4.47. The average molecular weight is 409 g/mol. The first-order chi connectivity index (χ1) is 14.6. The molecule has 0 radical (unpaired) electrons. The van der Waals surface area contributed by atoms with Gasteiger partial charge in [-0.25, -0.2) is 9.67 Å². The summed E-state index contributed by atoms with van der Waals surface area (Å²) in [6.07, 6.45) is 6.38. The molecule has 1 saturated carbocycles. The number of methoxy groups -OCH3 is 1. The minimum Gasteiger partial charge on any atom is -0.497 e. The quantitative estimate of drug-likeness (QED) is 0.674. The largest absolute Gasteiger partial charge is 0.497 e. The standard InChI is InChI=1S/C22H27N5O3/c1-14(26-12-18(13-26)30-17-9-5-8-16(10-17)29-2)20-24-21-19(22(28)25-20)11-23-27(21)15-6-3-4-7-15/h5,8-11,14-15,18H,3-4,6-7,12-13H2,1-2H3,(H,24,25,28)/t14-/m1/s1. The summed E-state index contributed by atoms with van der Waals surface area (Å²) in [5.41, 5.74) is 0.591. The van der Waals surface area contributed by atoms with Crippen molar-refractivity contribution >= 4 is 11.0 Å². The summed E-state index contributed by atoms with van der Waals surface area (Å²) in [4.78, 5) is 22.7. The van der Waals surface area contributed by atoms with Gasteiger partial charge < -0.3 is 14.5 Å². The van der Waals surface area contributed by atoms with Gasteiger partial charge in [-0.2, -0.15) is 5.10 Å². The fourth-order valence-corrected chi connectivity index (χ4v) is 4.47. The van der Waals surface area contributed by atoms with Crippen molar-refractivity contribution in [2.45, 2.75) is 50.8 Å². The molecule has 1 saturated heterocycles. The van der Waals surface area contributed by atoms with Crippen LogP contribution in [0.5, 0.6) is 11.5 Å². The van der Waals surface area contributed by atoms with E-state index in [1.807, 2.05) is 28.9 Å². The maximum Gasteiger partial charge on any atom is 0.262 e. The van der Waals surface area contributed by atoms with Gasteiger partial charge in [-0.1, -0.05) is 18.9 Å². The van der Waals surface area contributed by atoms with E-state index in [0.29, 0.717) is 22.9 Å². The monoisotopic (exact) mass is 409 g/mol. The van der Waals surface area contributed by atoms with Gasteiger partial charge in [-0.15, -0.1) is 0 Å². The zero-order chi connectivity index (χ0) is 20.7. The van der Waals surface area contributed by atoms with Crippen LogP contribution in [0, 0.1) is 0 Å². The predicted octanol–water partition coefficient (Wildman–Crippen LogP) is 3.07. The summed E-state index contributed by atoms with van der Waals surface area (Å²) >= 11 is 0. The SMILES string of the molecule is COc1cccc(OC2CN([C@H](C)c3nc4c(cnn4C4CCCC4)c(=O)[nH]3)C2)c1. The second-order valence-corrected chi connectivity index (χ2v) is 8.26. The highest BCUT2D eigenvalue weighted by Gasteiger charge is 2.34. The summed E-state index contributed by atoms with van der Waals surface area (Å²) in [5.74, 6) is 2.28. The second-order valence-electron chi connectivity index (χ2n) is 8.26. The molecule has 158 valence electrons. The van der Waals surface area contributed by atoms with Gasteiger partial charge in [0.05, 0.1) is 25.4 Å². The first-order valence-electron chi connectivity index (χ1n) is 10.6. The summed E-state index contributed by atoms with van der Waals surface area (Å²) in [7, 11) is 1.65. The van der Waals surface area contributed by atoms with Gasteiger partial charge in [0.15, 0.2) is 5.65 Å². The van der Waals surface area contributed by atoms with Crippen LogP contribution in [0.4, 0.5) is 0 Å². The molecule has 2 fully saturated rings. The highest BCUT2D eigenvalue weighted by Crippen LogP contribution is 2.31. The maximum atomic E-state index is 12.6. The Morgan fingerprint density at radius 2 is 1.97 bits per heavy atom. The van der Waals surface area contributed by atoms with Gasteiger partial charge in [0.1, 0.15) is 28.8 Å². The number of fused-ring (bicyclic) bond motifs is 1. The Kier molecular flexibility index (Phi) is 4.94. The van der Waals surface area contributed by atoms with Gasteiger partial charge in [-0.3, -0.25) is 9.69 Å². The van der Waals surface area contributed by atoms with Crippen molar-refractivity contribution in [1.82, 2.24) is 24.6 Å². The van der Waals surface area contributed by atoms with Gasteiger partial charge in [0.2, 0.25) is 0 Å². The third-order valence-corrected chi connectivity index (χ3v) is 6.32. The number of nitrogens with one attached hydrogen (secondary N) is 1. The number of aromatic nitrogens is 4. The molecular formula is C22H27N5O3. The lowest BCUT2D eigenvalue weighted by Crippen LogP contribution is -2.54. The number of H-pyrrole nitrogens is 1. The van der Waals surface area contributed by atoms with Crippen LogP contribution in [-0.4, -0.2) is 51.0 Å². The number of rotatable bonds is 6. The van der Waals surface area contributed by atoms with Crippen LogP contribution in [0.25, 0.3) is 11.0 Å². The number of nitrogens with zero attached hydrogens (tertiary/aromatic N) is 4. The molecule has 5 rings (SSSR count). The molecule has 30 heavy (non-hydrogen) atoms. The molecule has 1 atom stereocenters. The lowest BCUT2D eigenvalue weighted by Gasteiger charge is -2.42. The molecule has 0 amide bonds. The van der Waals surface area contributed by atoms with E-state index < -0.39 is 0 Å². The number of hydrogen-bond donors (Lipinski definition) is 1. The molecule has 0 bridgehead atoms. The van der Waals surface area contributed by atoms with Gasteiger partial charge >= 0.3 is 0 Å². The van der Waals surface area contributed by atoms with E-state index in [4.69, 9.17) is 14.5 Å². The first-order valence-corrected chi connectivity index (χ1v) is 10.6. The van der Waals surface area contributed by atoms with Crippen LogP contribution in [0.2, 0.25) is 0 Å². The van der Waals surface area contributed by atoms with Crippen molar-refractivity contribution in [3.8, 4) is 11.5 Å². The topological polar surface area (TPSA) is 85.3 Å². The van der Waals surface area contributed by atoms with Gasteiger partial charge in [0.25, 0.3) is 5.56 Å². The van der Waals surface area contributed by atoms with E-state index in [1.54, 1.807) is 13.3 Å². The molecule has 1 aromatic carbocycles. The van der Waals surface area contributed by atoms with Crippen LogP contribution >= 0.6 is 0 Å². The highest BCUT2D eigenvalue weighted by atomic mass is 16.5. The van der Waals surface area contributed by atoms with E-state index in [0.717, 1.165) is 37.4 Å². The van der Waals surface area contributed by atoms with E-state index in [2.05, 4.69) is 21.9 Å². The van der Waals surface area contributed by atoms with Crippen molar-refractivity contribution in [3.05, 3.63) is 46.6 Å². The Bertz CT molecular complexity index is 1100. The van der Waals surface area contributed by atoms with Crippen molar-refractivity contribution < 1.29 is 9.47 Å². The molecule has 1 N–H and O–H groups in total. The molecule has 2 aliphatic rings. The molecule has 1 aliphatic heterocycles. The average Bonchev–Trinajstić information content (AvgIpc) is 3.39. The van der Waals surface area contributed by atoms with Crippen molar-refractivity contribution in [2.24, 2.45) is 0 Å². The first kappa shape index (κ1) is 19.1. The Morgan fingerprint density at radius 1 is 1.20 bits per heavy atom. The smallest absolute Gasteiger partial charge is 0.262 e. The predicted molar refractivity (Wildman–Crippen MR) is 113 cm³/mol. The van der Waals surface area contributed by atoms with Gasteiger partial charge in [-0.05, 0) is 31.9 Å². The van der Waals surface area contributed by atoms with Crippen molar-refractivity contribution in [3.63, 3.8) is 0 Å². The second kappa shape index (κ2) is 7.75. The van der Waals surface area contributed by atoms with E-state index in [9.17, 15) is 4.79 Å². The molecule has 8 heteroatoms. The third kappa shape index (κ3) is 3.45. The summed E-state index contributed by atoms with van der Waals surface area (Å²) < 4.78 is 13.3. The number of benzene rings is 1. The Balaban J connectivity index is 1.30. The molecule has 3 aromatic rings. The molecular weight excluding hydrogens is 382 g/mol. The van der Waals surface area contributed by atoms with Crippen LogP contribution in [0.15, 0.2) is 35.3 Å². The number of aromatic amines is 1. The minimum absolute atomic E-state index is 0.000752. The Morgan fingerprint density at radius 3 is 2.73 bits per heavy atom. The number of ether oxygens (including phenoxy) is 2. The minimum atomic E-state index is -0.115. The maximum absolute atomic E-state index is 12.6. The highest BCUT2D eigenvalue weighted by molar-refractivity contribution is 5.73. The van der Waals surface area contributed by atoms with Crippen LogP contribution in [0.3, 0.4) is 0 Å². The molecule has 0 unspecified atom stereocenters. The Labute approximate surface area is 174 Å². The van der Waals surface area contributed by atoms with Crippen LogP contribution < -0.4 is 15.0 Å². The normalized spacial score (nSPS) is 19.1. The number of likely N-dealkylation sites (tertiary alicyclic amines) is 1. The van der Waals surface area contributed by atoms with Crippen molar-refractivity contribution in [2.75, 3.05) is 20.2 Å². The molecule has 0 spiro atoms. The van der Waals surface area contributed by atoms with E-state index in [-0.39, 0.29) is 17.7 Å². The van der Waals surface area contributed by atoms with Crippen LogP contribution in [0.1, 0.15) is 50.5 Å². The van der Waals surface area contributed by atoms with Gasteiger partial charge in [0, 0.05) is 19.2 Å². The molecule has 1 aliphatic carbocycles. The zero-order valence-electron chi connectivity index (χ0n) is 17.4. The summed E-state index contributed by atoms with van der Waals surface area (Å²) in [6, 6.07) is 8.00. The molecule has 8 nitrogen and oxygen atoms in total. The fraction of sp³-hybridized carbons (Fsp3) is 0.500. The molecule has 3 heterocycles. The number of hydrogen-bond acceptors (Lipinski definition) is 6. The Hall–Kier alpha value is -2.87. The molecule has 2 aromatic heterocycles. The lowest BCUT2D eigenvalue weighted by molar-refractivity contribution is -0.00743. The summed E-state index contributed by atoms with van der Waals surface area (Å²) in [6.45, 7) is 3.63. The summed E-state index contributed by atoms with van der Waals surface area (Å²) in [5, 5.41) is 5.05.